The summed E-state index contributed by atoms with van der Waals surface area (Å²) in [5.74, 6) is 1.53. The molecule has 212 valence electrons. The lowest BCUT2D eigenvalue weighted by Gasteiger charge is -2.44. The SMILES string of the molecule is CC(=O)c1sc(NC(=O)N[C@@H]2CCN(CC3CCC3)C[C@H]2CN2CCC[C@@H](Cc3ccc(F)cc3)C2)nc1C. The van der Waals surface area contributed by atoms with Crippen molar-refractivity contribution in [1.82, 2.24) is 20.1 Å². The Hall–Kier alpha value is -2.36. The maximum Gasteiger partial charge on any atom is 0.321 e. The van der Waals surface area contributed by atoms with Gasteiger partial charge in [0.25, 0.3) is 0 Å². The van der Waals surface area contributed by atoms with Gasteiger partial charge in [0.15, 0.2) is 10.9 Å². The largest absolute Gasteiger partial charge is 0.335 e. The van der Waals surface area contributed by atoms with Crippen LogP contribution in [0.2, 0.25) is 0 Å². The number of piperidine rings is 2. The third kappa shape index (κ3) is 7.64. The molecule has 3 atom stereocenters. The molecule has 1 aromatic carbocycles. The molecular formula is C30H42FN5O2S. The highest BCUT2D eigenvalue weighted by Crippen LogP contribution is 2.30. The van der Waals surface area contributed by atoms with Crippen LogP contribution in [0.1, 0.15) is 66.4 Å². The molecule has 5 rings (SSSR count). The second-order valence-electron chi connectivity index (χ2n) is 11.9. The van der Waals surface area contributed by atoms with E-state index < -0.39 is 0 Å². The van der Waals surface area contributed by atoms with Crippen molar-refractivity contribution in [3.8, 4) is 0 Å². The topological polar surface area (TPSA) is 77.6 Å². The number of carbonyl (C=O) groups is 2. The molecule has 0 unspecified atom stereocenters. The van der Waals surface area contributed by atoms with Gasteiger partial charge in [0.1, 0.15) is 5.82 Å². The molecule has 39 heavy (non-hydrogen) atoms. The number of rotatable bonds is 9. The van der Waals surface area contributed by atoms with Gasteiger partial charge in [0.05, 0.1) is 10.6 Å². The normalized spacial score (nSPS) is 24.7. The molecule has 3 heterocycles. The lowest BCUT2D eigenvalue weighted by molar-refractivity contribution is 0.0687. The second-order valence-corrected chi connectivity index (χ2v) is 12.9. The summed E-state index contributed by atoms with van der Waals surface area (Å²) in [5, 5.41) is 6.61. The summed E-state index contributed by atoms with van der Waals surface area (Å²) < 4.78 is 13.4. The summed E-state index contributed by atoms with van der Waals surface area (Å²) >= 11 is 1.24. The average molecular weight is 556 g/mol. The molecule has 0 bridgehead atoms. The van der Waals surface area contributed by atoms with E-state index in [1.807, 2.05) is 12.1 Å². The zero-order valence-corrected chi connectivity index (χ0v) is 24.1. The van der Waals surface area contributed by atoms with Crippen molar-refractivity contribution in [1.29, 1.82) is 0 Å². The Kier molecular flexibility index (Phi) is 9.30. The number of aryl methyl sites for hydroxylation is 1. The fraction of sp³-hybridized carbons (Fsp3) is 0.633. The Labute approximate surface area is 235 Å². The minimum absolute atomic E-state index is 0.0309. The number of Topliss-reactive ketones (excluding diaryl/α,β-unsaturated/α-hetero) is 1. The molecule has 1 aliphatic carbocycles. The van der Waals surface area contributed by atoms with Crippen LogP contribution in [0.4, 0.5) is 14.3 Å². The number of thiazole rings is 1. The standard InChI is InChI=1S/C30H42FN5O2S/c1-20-28(21(2)37)39-30(32-20)34-29(38)33-27-12-14-36(16-23-5-3-6-23)19-25(27)18-35-13-4-7-24(17-35)15-22-8-10-26(31)11-9-22/h8-11,23-25,27H,3-7,12-19H2,1-2H3,(H2,32,33,34,38)/t24-,25+,27+/m0/s1. The predicted octanol–water partition coefficient (Wildman–Crippen LogP) is 5.36. The van der Waals surface area contributed by atoms with Crippen molar-refractivity contribution in [3.63, 3.8) is 0 Å². The predicted molar refractivity (Wildman–Crippen MR) is 154 cm³/mol. The van der Waals surface area contributed by atoms with Gasteiger partial charge in [0.2, 0.25) is 0 Å². The van der Waals surface area contributed by atoms with E-state index in [0.29, 0.717) is 27.5 Å². The first kappa shape index (κ1) is 28.2. The van der Waals surface area contributed by atoms with Crippen molar-refractivity contribution in [2.45, 2.75) is 64.8 Å². The minimum atomic E-state index is -0.242. The van der Waals surface area contributed by atoms with Crippen LogP contribution in [0.25, 0.3) is 0 Å². The van der Waals surface area contributed by atoms with Gasteiger partial charge in [-0.05, 0) is 81.5 Å². The van der Waals surface area contributed by atoms with Gasteiger partial charge in [-0.2, -0.15) is 0 Å². The highest BCUT2D eigenvalue weighted by atomic mass is 32.1. The molecule has 2 saturated heterocycles. The number of urea groups is 1. The number of anilines is 1. The van der Waals surface area contributed by atoms with Crippen LogP contribution in [-0.4, -0.2) is 71.9 Å². The Morgan fingerprint density at radius 1 is 1.00 bits per heavy atom. The van der Waals surface area contributed by atoms with Crippen LogP contribution in [0.15, 0.2) is 24.3 Å². The number of carbonyl (C=O) groups excluding carboxylic acids is 2. The number of halogens is 1. The molecule has 3 aliphatic rings. The summed E-state index contributed by atoms with van der Waals surface area (Å²) in [6.07, 6.45) is 8.34. The fourth-order valence-electron chi connectivity index (χ4n) is 6.54. The quantitative estimate of drug-likeness (QED) is 0.408. The first-order valence-corrected chi connectivity index (χ1v) is 15.4. The van der Waals surface area contributed by atoms with Gasteiger partial charge < -0.3 is 15.1 Å². The number of nitrogens with one attached hydrogen (secondary N) is 2. The second kappa shape index (κ2) is 12.9. The van der Waals surface area contributed by atoms with E-state index in [-0.39, 0.29) is 23.7 Å². The van der Waals surface area contributed by atoms with Gasteiger partial charge in [-0.15, -0.1) is 0 Å². The number of ketones is 1. The van der Waals surface area contributed by atoms with Crippen LogP contribution in [0.3, 0.4) is 0 Å². The zero-order valence-electron chi connectivity index (χ0n) is 23.3. The monoisotopic (exact) mass is 555 g/mol. The van der Waals surface area contributed by atoms with E-state index in [4.69, 9.17) is 0 Å². The highest BCUT2D eigenvalue weighted by molar-refractivity contribution is 7.17. The third-order valence-corrected chi connectivity index (χ3v) is 9.92. The third-order valence-electron chi connectivity index (χ3n) is 8.75. The highest BCUT2D eigenvalue weighted by Gasteiger charge is 2.34. The van der Waals surface area contributed by atoms with Crippen LogP contribution >= 0.6 is 11.3 Å². The molecule has 0 spiro atoms. The first-order chi connectivity index (χ1) is 18.8. The van der Waals surface area contributed by atoms with Crippen LogP contribution in [0, 0.1) is 30.5 Å². The van der Waals surface area contributed by atoms with Gasteiger partial charge in [0, 0.05) is 51.6 Å². The molecule has 0 radical (unpaired) electrons. The van der Waals surface area contributed by atoms with E-state index in [9.17, 15) is 14.0 Å². The summed E-state index contributed by atoms with van der Waals surface area (Å²) in [5.41, 5.74) is 1.86. The van der Waals surface area contributed by atoms with E-state index in [0.717, 1.165) is 51.5 Å². The zero-order chi connectivity index (χ0) is 27.4. The Balaban J connectivity index is 1.20. The summed E-state index contributed by atoms with van der Waals surface area (Å²) in [6.45, 7) is 9.61. The van der Waals surface area contributed by atoms with E-state index >= 15 is 0 Å². The number of nitrogens with zero attached hydrogens (tertiary/aromatic N) is 3. The molecule has 2 aromatic rings. The van der Waals surface area contributed by atoms with Crippen LogP contribution in [-0.2, 0) is 6.42 Å². The molecule has 7 nitrogen and oxygen atoms in total. The molecule has 9 heteroatoms. The van der Waals surface area contributed by atoms with Crippen molar-refractivity contribution in [2.75, 3.05) is 44.6 Å². The molecule has 1 saturated carbocycles. The van der Waals surface area contributed by atoms with Crippen LogP contribution in [0.5, 0.6) is 0 Å². The van der Waals surface area contributed by atoms with Gasteiger partial charge in [-0.3, -0.25) is 10.1 Å². The lowest BCUT2D eigenvalue weighted by atomic mass is 9.83. The number of hydrogen-bond donors (Lipinski definition) is 2. The molecule has 3 fully saturated rings. The van der Waals surface area contributed by atoms with E-state index in [1.165, 1.54) is 62.5 Å². The smallest absolute Gasteiger partial charge is 0.321 e. The Morgan fingerprint density at radius 2 is 1.74 bits per heavy atom. The Bertz CT molecular complexity index is 1130. The van der Waals surface area contributed by atoms with E-state index in [1.54, 1.807) is 19.1 Å². The average Bonchev–Trinajstić information content (AvgIpc) is 3.24. The summed E-state index contributed by atoms with van der Waals surface area (Å²) in [4.78, 5) is 35.0. The minimum Gasteiger partial charge on any atom is -0.335 e. The molecule has 2 amide bonds. The van der Waals surface area contributed by atoms with Crippen molar-refractivity contribution < 1.29 is 14.0 Å². The van der Waals surface area contributed by atoms with Crippen molar-refractivity contribution in [2.24, 2.45) is 17.8 Å². The Morgan fingerprint density at radius 3 is 2.44 bits per heavy atom. The molecule has 1 aromatic heterocycles. The van der Waals surface area contributed by atoms with Crippen molar-refractivity contribution in [3.05, 3.63) is 46.2 Å². The number of aromatic nitrogens is 1. The van der Waals surface area contributed by atoms with E-state index in [2.05, 4.69) is 25.4 Å². The molecule has 2 N–H and O–H groups in total. The van der Waals surface area contributed by atoms with Crippen LogP contribution < -0.4 is 10.6 Å². The summed E-state index contributed by atoms with van der Waals surface area (Å²) in [6, 6.07) is 6.79. The fourth-order valence-corrected chi connectivity index (χ4v) is 7.39. The number of hydrogen-bond acceptors (Lipinski definition) is 6. The molecular weight excluding hydrogens is 513 g/mol. The lowest BCUT2D eigenvalue weighted by Crippen LogP contribution is -2.56. The maximum atomic E-state index is 13.4. The van der Waals surface area contributed by atoms with Gasteiger partial charge >= 0.3 is 6.03 Å². The van der Waals surface area contributed by atoms with Gasteiger partial charge in [-0.1, -0.05) is 29.9 Å². The maximum absolute atomic E-state index is 13.4. The first-order valence-electron chi connectivity index (χ1n) is 14.6. The van der Waals surface area contributed by atoms with Gasteiger partial charge in [-0.25, -0.2) is 14.2 Å². The number of benzene rings is 1. The number of amides is 2. The van der Waals surface area contributed by atoms with Crippen molar-refractivity contribution >= 4 is 28.3 Å². The summed E-state index contributed by atoms with van der Waals surface area (Å²) in [7, 11) is 0. The number of likely N-dealkylation sites (tertiary alicyclic amines) is 2. The molecule has 2 aliphatic heterocycles.